The molecule has 25 heavy (non-hydrogen) atoms. The first-order valence-corrected chi connectivity index (χ1v) is 8.20. The predicted octanol–water partition coefficient (Wildman–Crippen LogP) is 2.00. The van der Waals surface area contributed by atoms with Crippen LogP contribution in [0, 0.1) is 5.41 Å². The van der Waals surface area contributed by atoms with E-state index in [2.05, 4.69) is 10.4 Å². The van der Waals surface area contributed by atoms with Gasteiger partial charge in [0.15, 0.2) is 5.69 Å². The molecule has 1 aromatic carbocycles. The predicted molar refractivity (Wildman–Crippen MR) is 90.5 cm³/mol. The quantitative estimate of drug-likeness (QED) is 0.802. The minimum absolute atomic E-state index is 0.00908. The fourth-order valence-corrected chi connectivity index (χ4v) is 3.08. The van der Waals surface area contributed by atoms with Gasteiger partial charge in [0.1, 0.15) is 0 Å². The van der Waals surface area contributed by atoms with Gasteiger partial charge in [0.25, 0.3) is 0 Å². The maximum Gasteiger partial charge on any atom is 0.356 e. The summed E-state index contributed by atoms with van der Waals surface area (Å²) >= 11 is 0. The number of nitrogens with zero attached hydrogens (tertiary/aromatic N) is 2. The van der Waals surface area contributed by atoms with Crippen molar-refractivity contribution in [1.29, 1.82) is 0 Å². The molecule has 1 aromatic heterocycles. The van der Waals surface area contributed by atoms with Crippen molar-refractivity contribution in [3.8, 4) is 5.69 Å². The lowest BCUT2D eigenvalue weighted by Gasteiger charge is -2.39. The Morgan fingerprint density at radius 1 is 1.36 bits per heavy atom. The van der Waals surface area contributed by atoms with Crippen molar-refractivity contribution >= 4 is 11.9 Å². The molecule has 7 nitrogen and oxygen atoms in total. The number of amides is 1. The van der Waals surface area contributed by atoms with Gasteiger partial charge in [0, 0.05) is 19.9 Å². The van der Waals surface area contributed by atoms with E-state index in [1.165, 1.54) is 10.7 Å². The van der Waals surface area contributed by atoms with E-state index in [1.54, 1.807) is 13.3 Å². The van der Waals surface area contributed by atoms with Crippen LogP contribution in [0.5, 0.6) is 0 Å². The van der Waals surface area contributed by atoms with Crippen LogP contribution in [0.1, 0.15) is 35.3 Å². The highest BCUT2D eigenvalue weighted by molar-refractivity contribution is 5.85. The molecule has 3 rings (SSSR count). The first-order chi connectivity index (χ1) is 12.0. The minimum Gasteiger partial charge on any atom is -0.476 e. The summed E-state index contributed by atoms with van der Waals surface area (Å²) in [4.78, 5) is 23.4. The van der Waals surface area contributed by atoms with Crippen molar-refractivity contribution in [3.63, 3.8) is 0 Å². The van der Waals surface area contributed by atoms with Gasteiger partial charge in [-0.2, -0.15) is 5.10 Å². The number of hydrogen-bond acceptors (Lipinski definition) is 4. The normalized spacial score (nSPS) is 15.4. The molecular formula is C18H21N3O4. The van der Waals surface area contributed by atoms with Gasteiger partial charge in [-0.3, -0.25) is 4.79 Å². The third-order valence-corrected chi connectivity index (χ3v) is 4.65. The number of carbonyl (C=O) groups is 2. The summed E-state index contributed by atoms with van der Waals surface area (Å²) in [6.45, 7) is 0.856. The van der Waals surface area contributed by atoms with E-state index in [0.717, 1.165) is 30.5 Å². The summed E-state index contributed by atoms with van der Waals surface area (Å²) in [5, 5.41) is 16.0. The largest absolute Gasteiger partial charge is 0.476 e. The second-order valence-electron chi connectivity index (χ2n) is 6.37. The Labute approximate surface area is 145 Å². The highest BCUT2D eigenvalue weighted by atomic mass is 16.5. The fraction of sp³-hybridized carbons (Fsp3) is 0.389. The minimum atomic E-state index is -1.06. The maximum absolute atomic E-state index is 12.5. The number of nitrogens with one attached hydrogen (secondary N) is 1. The van der Waals surface area contributed by atoms with Crippen molar-refractivity contribution in [3.05, 3.63) is 47.8 Å². The molecule has 0 atom stereocenters. The highest BCUT2D eigenvalue weighted by Crippen LogP contribution is 2.41. The third kappa shape index (κ3) is 3.56. The summed E-state index contributed by atoms with van der Waals surface area (Å²) in [7, 11) is 1.62. The molecule has 0 radical (unpaired) electrons. The molecule has 0 bridgehead atoms. The number of benzene rings is 1. The number of carbonyl (C=O) groups excluding carboxylic acids is 1. The second-order valence-corrected chi connectivity index (χ2v) is 6.37. The zero-order valence-electron chi connectivity index (χ0n) is 14.1. The van der Waals surface area contributed by atoms with Gasteiger partial charge in [-0.15, -0.1) is 0 Å². The Morgan fingerprint density at radius 2 is 2.16 bits per heavy atom. The van der Waals surface area contributed by atoms with Gasteiger partial charge in [-0.25, -0.2) is 9.48 Å². The molecule has 1 aliphatic carbocycles. The van der Waals surface area contributed by atoms with E-state index in [0.29, 0.717) is 13.2 Å². The molecule has 1 aliphatic rings. The summed E-state index contributed by atoms with van der Waals surface area (Å²) in [5.41, 5.74) is 1.27. The van der Waals surface area contributed by atoms with Gasteiger partial charge in [0.2, 0.25) is 5.91 Å². The molecule has 2 N–H and O–H groups in total. The highest BCUT2D eigenvalue weighted by Gasteiger charge is 2.43. The van der Waals surface area contributed by atoms with Gasteiger partial charge in [0.05, 0.1) is 17.7 Å². The molecule has 1 amide bonds. The van der Waals surface area contributed by atoms with Crippen LogP contribution in [-0.2, 0) is 16.1 Å². The Kier molecular flexibility index (Phi) is 4.85. The van der Waals surface area contributed by atoms with Gasteiger partial charge >= 0.3 is 5.97 Å². The van der Waals surface area contributed by atoms with Crippen molar-refractivity contribution in [2.24, 2.45) is 5.41 Å². The lowest BCUT2D eigenvalue weighted by Crippen LogP contribution is -2.48. The topological polar surface area (TPSA) is 93.5 Å². The monoisotopic (exact) mass is 343 g/mol. The first kappa shape index (κ1) is 17.2. The van der Waals surface area contributed by atoms with E-state index >= 15 is 0 Å². The van der Waals surface area contributed by atoms with Crippen LogP contribution in [0.2, 0.25) is 0 Å². The number of rotatable bonds is 7. The van der Waals surface area contributed by atoms with Crippen LogP contribution < -0.4 is 5.32 Å². The average molecular weight is 343 g/mol. The Morgan fingerprint density at radius 3 is 2.76 bits per heavy atom. The van der Waals surface area contributed by atoms with Crippen LogP contribution in [0.15, 0.2) is 36.5 Å². The molecule has 132 valence electrons. The van der Waals surface area contributed by atoms with Crippen LogP contribution in [-0.4, -0.2) is 40.5 Å². The van der Waals surface area contributed by atoms with Gasteiger partial charge in [-0.05, 0) is 36.6 Å². The number of ether oxygens (including phenoxy) is 1. The van der Waals surface area contributed by atoms with Crippen molar-refractivity contribution in [2.45, 2.75) is 25.8 Å². The summed E-state index contributed by atoms with van der Waals surface area (Å²) in [6.07, 6.45) is 4.37. The van der Waals surface area contributed by atoms with Crippen molar-refractivity contribution < 1.29 is 19.4 Å². The molecule has 0 aliphatic heterocycles. The smallest absolute Gasteiger partial charge is 0.356 e. The first-order valence-electron chi connectivity index (χ1n) is 8.20. The molecule has 0 spiro atoms. The van der Waals surface area contributed by atoms with Crippen LogP contribution >= 0.6 is 0 Å². The number of aromatic carboxylic acids is 1. The second kappa shape index (κ2) is 7.06. The number of carboxylic acid groups (broad SMARTS) is 1. The van der Waals surface area contributed by atoms with E-state index in [1.807, 2.05) is 24.3 Å². The van der Waals surface area contributed by atoms with Crippen molar-refractivity contribution in [1.82, 2.24) is 15.1 Å². The summed E-state index contributed by atoms with van der Waals surface area (Å²) < 4.78 is 6.71. The SMILES string of the molecule is COCC1(C(=O)NCc2cccc(-n3ccc(C(=O)O)n3)c2)CCC1. The summed E-state index contributed by atoms with van der Waals surface area (Å²) in [6, 6.07) is 8.93. The van der Waals surface area contributed by atoms with E-state index in [-0.39, 0.29) is 17.0 Å². The summed E-state index contributed by atoms with van der Waals surface area (Å²) in [5.74, 6) is -1.04. The Bertz CT molecular complexity index is 780. The van der Waals surface area contributed by atoms with Crippen LogP contribution in [0.25, 0.3) is 5.69 Å². The van der Waals surface area contributed by atoms with Gasteiger partial charge < -0.3 is 15.2 Å². The van der Waals surface area contributed by atoms with Crippen molar-refractivity contribution in [2.75, 3.05) is 13.7 Å². The maximum atomic E-state index is 12.5. The molecule has 7 heteroatoms. The number of carboxylic acids is 1. The van der Waals surface area contributed by atoms with E-state index in [9.17, 15) is 9.59 Å². The standard InChI is InChI=1S/C18H21N3O4/c1-25-12-18(7-3-8-18)17(24)19-11-13-4-2-5-14(10-13)21-9-6-15(20-21)16(22)23/h2,4-6,9-10H,3,7-8,11-12H2,1H3,(H,19,24)(H,22,23). The Balaban J connectivity index is 1.67. The molecule has 1 heterocycles. The van der Waals surface area contributed by atoms with E-state index in [4.69, 9.17) is 9.84 Å². The fourth-order valence-electron chi connectivity index (χ4n) is 3.08. The third-order valence-electron chi connectivity index (χ3n) is 4.65. The molecular weight excluding hydrogens is 322 g/mol. The van der Waals surface area contributed by atoms with Gasteiger partial charge in [-0.1, -0.05) is 18.6 Å². The number of methoxy groups -OCH3 is 1. The molecule has 0 saturated heterocycles. The molecule has 2 aromatic rings. The zero-order valence-corrected chi connectivity index (χ0v) is 14.1. The van der Waals surface area contributed by atoms with E-state index < -0.39 is 5.97 Å². The lowest BCUT2D eigenvalue weighted by atomic mass is 9.68. The lowest BCUT2D eigenvalue weighted by molar-refractivity contribution is -0.140. The average Bonchev–Trinajstić information content (AvgIpc) is 3.06. The van der Waals surface area contributed by atoms with Crippen LogP contribution in [0.3, 0.4) is 0 Å². The molecule has 0 unspecified atom stereocenters. The number of hydrogen-bond donors (Lipinski definition) is 2. The number of aromatic nitrogens is 2. The Hall–Kier alpha value is -2.67. The molecule has 1 fully saturated rings. The molecule has 1 saturated carbocycles. The zero-order chi connectivity index (χ0) is 17.9. The van der Waals surface area contributed by atoms with Crippen LogP contribution in [0.4, 0.5) is 0 Å².